The zero-order valence-electron chi connectivity index (χ0n) is 19.0. The van der Waals surface area contributed by atoms with Crippen LogP contribution in [0, 0.1) is 13.8 Å². The van der Waals surface area contributed by atoms with E-state index >= 15 is 0 Å². The van der Waals surface area contributed by atoms with E-state index in [0.717, 1.165) is 49.7 Å². The van der Waals surface area contributed by atoms with Gasteiger partial charge in [0.1, 0.15) is 6.04 Å². The summed E-state index contributed by atoms with van der Waals surface area (Å²) in [5, 5.41) is 11.9. The van der Waals surface area contributed by atoms with Crippen LogP contribution in [-0.2, 0) is 9.59 Å². The fourth-order valence-electron chi connectivity index (χ4n) is 3.31. The number of benzene rings is 1. The molecule has 1 rings (SSSR count). The number of aryl methyl sites for hydroxylation is 2. The molecule has 0 aliphatic rings. The molecule has 0 fully saturated rings. The molecule has 1 aromatic carbocycles. The number of carboxylic acids is 1. The molecule has 6 heteroatoms. The van der Waals surface area contributed by atoms with Crippen LogP contribution in [0.15, 0.2) is 18.2 Å². The molecule has 0 bridgehead atoms. The number of nitrogens with zero attached hydrogens (tertiary/aromatic N) is 1. The van der Waals surface area contributed by atoms with Gasteiger partial charge in [-0.2, -0.15) is 0 Å². The summed E-state index contributed by atoms with van der Waals surface area (Å²) < 4.78 is 0. The second kappa shape index (κ2) is 13.8. The Bertz CT molecular complexity index is 692. The van der Waals surface area contributed by atoms with E-state index in [4.69, 9.17) is 5.11 Å². The van der Waals surface area contributed by atoms with Gasteiger partial charge in [-0.3, -0.25) is 14.4 Å². The molecule has 0 spiro atoms. The molecule has 0 radical (unpaired) electrons. The molecule has 2 amide bonds. The highest BCUT2D eigenvalue weighted by molar-refractivity contribution is 5.97. The number of carbonyl (C=O) groups excluding carboxylic acids is 2. The predicted molar refractivity (Wildman–Crippen MR) is 120 cm³/mol. The van der Waals surface area contributed by atoms with Gasteiger partial charge < -0.3 is 15.3 Å². The Balaban J connectivity index is 2.96. The molecule has 0 aliphatic heterocycles. The van der Waals surface area contributed by atoms with Crippen molar-refractivity contribution in [2.75, 3.05) is 13.1 Å². The summed E-state index contributed by atoms with van der Waals surface area (Å²) in [5.74, 6) is -1.50. The molecule has 6 nitrogen and oxygen atoms in total. The van der Waals surface area contributed by atoms with Crippen molar-refractivity contribution in [1.29, 1.82) is 0 Å². The van der Waals surface area contributed by atoms with Gasteiger partial charge in [0.2, 0.25) is 5.91 Å². The van der Waals surface area contributed by atoms with E-state index in [1.807, 2.05) is 19.9 Å². The van der Waals surface area contributed by atoms with Crippen LogP contribution in [0.4, 0.5) is 0 Å². The standard InChI is InChI=1S/C24H38N2O4/c1-5-7-9-15-26(16-10-8-6-2)24(30)21(13-14-22(27)28)25-23(29)20-12-11-18(3)19(4)17-20/h11-12,17,21H,5-10,13-16H2,1-4H3,(H,25,29)(H,27,28). The quantitative estimate of drug-likeness (QED) is 0.436. The summed E-state index contributed by atoms with van der Waals surface area (Å²) in [4.78, 5) is 39.0. The van der Waals surface area contributed by atoms with Crippen molar-refractivity contribution in [3.05, 3.63) is 34.9 Å². The first-order valence-corrected chi connectivity index (χ1v) is 11.2. The Morgan fingerprint density at radius 3 is 2.07 bits per heavy atom. The largest absolute Gasteiger partial charge is 0.481 e. The van der Waals surface area contributed by atoms with E-state index in [1.54, 1.807) is 17.0 Å². The lowest BCUT2D eigenvalue weighted by Crippen LogP contribution is -2.49. The van der Waals surface area contributed by atoms with E-state index in [2.05, 4.69) is 19.2 Å². The zero-order valence-corrected chi connectivity index (χ0v) is 19.0. The van der Waals surface area contributed by atoms with Crippen LogP contribution in [0.2, 0.25) is 0 Å². The highest BCUT2D eigenvalue weighted by Gasteiger charge is 2.26. The van der Waals surface area contributed by atoms with Crippen LogP contribution < -0.4 is 5.32 Å². The van der Waals surface area contributed by atoms with Crippen molar-refractivity contribution in [2.24, 2.45) is 0 Å². The summed E-state index contributed by atoms with van der Waals surface area (Å²) in [6, 6.07) is 4.57. The lowest BCUT2D eigenvalue weighted by Gasteiger charge is -2.28. The summed E-state index contributed by atoms with van der Waals surface area (Å²) in [6.45, 7) is 9.41. The highest BCUT2D eigenvalue weighted by atomic mass is 16.4. The first-order chi connectivity index (χ1) is 14.3. The third-order valence-corrected chi connectivity index (χ3v) is 5.39. The van der Waals surface area contributed by atoms with E-state index in [-0.39, 0.29) is 24.7 Å². The highest BCUT2D eigenvalue weighted by Crippen LogP contribution is 2.12. The summed E-state index contributed by atoms with van der Waals surface area (Å²) >= 11 is 0. The second-order valence-corrected chi connectivity index (χ2v) is 8.00. The van der Waals surface area contributed by atoms with Gasteiger partial charge >= 0.3 is 5.97 Å². The molecular weight excluding hydrogens is 380 g/mol. The smallest absolute Gasteiger partial charge is 0.303 e. The number of nitrogens with one attached hydrogen (secondary N) is 1. The maximum Gasteiger partial charge on any atom is 0.303 e. The van der Waals surface area contributed by atoms with Crippen LogP contribution >= 0.6 is 0 Å². The van der Waals surface area contributed by atoms with Gasteiger partial charge in [0.25, 0.3) is 5.91 Å². The van der Waals surface area contributed by atoms with E-state index in [1.165, 1.54) is 0 Å². The normalized spacial score (nSPS) is 11.7. The fourth-order valence-corrected chi connectivity index (χ4v) is 3.31. The number of aliphatic carboxylic acids is 1. The third kappa shape index (κ3) is 8.97. The Kier molecular flexibility index (Phi) is 11.8. The average molecular weight is 419 g/mol. The molecule has 0 aromatic heterocycles. The van der Waals surface area contributed by atoms with E-state index in [9.17, 15) is 14.4 Å². The molecule has 0 saturated carbocycles. The lowest BCUT2D eigenvalue weighted by atomic mass is 10.0. The first kappa shape index (κ1) is 25.7. The summed E-state index contributed by atoms with van der Waals surface area (Å²) in [5.41, 5.74) is 2.56. The Hall–Kier alpha value is -2.37. The maximum atomic E-state index is 13.3. The topological polar surface area (TPSA) is 86.7 Å². The number of hydrogen-bond donors (Lipinski definition) is 2. The minimum atomic E-state index is -0.975. The fraction of sp³-hybridized carbons (Fsp3) is 0.625. The Morgan fingerprint density at radius 1 is 0.967 bits per heavy atom. The SMILES string of the molecule is CCCCCN(CCCCC)C(=O)C(CCC(=O)O)NC(=O)c1ccc(C)c(C)c1. The molecule has 0 saturated heterocycles. The van der Waals surface area contributed by atoms with Crippen molar-refractivity contribution in [3.8, 4) is 0 Å². The number of rotatable bonds is 14. The maximum absolute atomic E-state index is 13.3. The van der Waals surface area contributed by atoms with Gasteiger partial charge in [-0.25, -0.2) is 0 Å². The molecular formula is C24H38N2O4. The van der Waals surface area contributed by atoms with Crippen LogP contribution in [0.3, 0.4) is 0 Å². The van der Waals surface area contributed by atoms with Crippen LogP contribution in [0.1, 0.15) is 86.7 Å². The van der Waals surface area contributed by atoms with Crippen molar-refractivity contribution >= 4 is 17.8 Å². The minimum absolute atomic E-state index is 0.0861. The molecule has 1 aromatic rings. The lowest BCUT2D eigenvalue weighted by molar-refractivity contribution is -0.138. The number of amides is 2. The van der Waals surface area contributed by atoms with Gasteiger partial charge in [0.15, 0.2) is 0 Å². The molecule has 168 valence electrons. The number of unbranched alkanes of at least 4 members (excludes halogenated alkanes) is 4. The van der Waals surface area contributed by atoms with E-state index < -0.39 is 12.0 Å². The Labute approximate surface area is 181 Å². The minimum Gasteiger partial charge on any atom is -0.481 e. The Morgan fingerprint density at radius 2 is 1.57 bits per heavy atom. The second-order valence-electron chi connectivity index (χ2n) is 8.00. The van der Waals surface area contributed by atoms with Gasteiger partial charge in [0, 0.05) is 25.1 Å². The first-order valence-electron chi connectivity index (χ1n) is 11.2. The van der Waals surface area contributed by atoms with E-state index in [0.29, 0.717) is 18.7 Å². The number of hydrogen-bond acceptors (Lipinski definition) is 3. The predicted octanol–water partition coefficient (Wildman–Crippen LogP) is 4.48. The number of carboxylic acid groups (broad SMARTS) is 1. The van der Waals surface area contributed by atoms with Crippen molar-refractivity contribution in [3.63, 3.8) is 0 Å². The van der Waals surface area contributed by atoms with Crippen molar-refractivity contribution < 1.29 is 19.5 Å². The third-order valence-electron chi connectivity index (χ3n) is 5.39. The van der Waals surface area contributed by atoms with Crippen LogP contribution in [0.25, 0.3) is 0 Å². The zero-order chi connectivity index (χ0) is 22.5. The van der Waals surface area contributed by atoms with Gasteiger partial charge in [-0.15, -0.1) is 0 Å². The molecule has 0 heterocycles. The molecule has 2 N–H and O–H groups in total. The summed E-state index contributed by atoms with van der Waals surface area (Å²) in [7, 11) is 0. The number of carbonyl (C=O) groups is 3. The molecule has 1 atom stereocenters. The van der Waals surface area contributed by atoms with Crippen LogP contribution in [0.5, 0.6) is 0 Å². The van der Waals surface area contributed by atoms with Crippen molar-refractivity contribution in [2.45, 2.75) is 85.1 Å². The molecule has 0 aliphatic carbocycles. The van der Waals surface area contributed by atoms with Gasteiger partial charge in [-0.05, 0) is 56.4 Å². The van der Waals surface area contributed by atoms with Crippen molar-refractivity contribution in [1.82, 2.24) is 10.2 Å². The van der Waals surface area contributed by atoms with Gasteiger partial charge in [0.05, 0.1) is 0 Å². The molecule has 1 unspecified atom stereocenters. The monoisotopic (exact) mass is 418 g/mol. The molecule has 30 heavy (non-hydrogen) atoms. The van der Waals surface area contributed by atoms with Gasteiger partial charge in [-0.1, -0.05) is 45.6 Å². The van der Waals surface area contributed by atoms with Crippen LogP contribution in [-0.4, -0.2) is 46.9 Å². The average Bonchev–Trinajstić information content (AvgIpc) is 2.71. The summed E-state index contributed by atoms with van der Waals surface area (Å²) in [6.07, 6.45) is 5.92.